The van der Waals surface area contributed by atoms with Gasteiger partial charge in [0.2, 0.25) is 5.91 Å². The molecule has 1 amide bonds. The van der Waals surface area contributed by atoms with Gasteiger partial charge in [0, 0.05) is 6.04 Å². The summed E-state index contributed by atoms with van der Waals surface area (Å²) in [7, 11) is 0. The zero-order valence-corrected chi connectivity index (χ0v) is 17.6. The summed E-state index contributed by atoms with van der Waals surface area (Å²) < 4.78 is 0. The molecule has 4 saturated carbocycles. The number of amides is 1. The van der Waals surface area contributed by atoms with Crippen molar-refractivity contribution in [3.8, 4) is 0 Å². The Hall–Kier alpha value is -1.26. The minimum Gasteiger partial charge on any atom is -0.481 e. The van der Waals surface area contributed by atoms with Gasteiger partial charge >= 0.3 is 5.97 Å². The van der Waals surface area contributed by atoms with Gasteiger partial charge in [0.15, 0.2) is 0 Å². The molecular formula is C22H25Cl2NO3. The quantitative estimate of drug-likeness (QED) is 0.683. The summed E-state index contributed by atoms with van der Waals surface area (Å²) in [5, 5.41) is 10.9. The number of nitrogens with zero attached hydrogens (tertiary/aromatic N) is 1. The first-order chi connectivity index (χ1) is 13.2. The van der Waals surface area contributed by atoms with Crippen molar-refractivity contribution in [3.63, 3.8) is 0 Å². The van der Waals surface area contributed by atoms with Crippen LogP contribution in [0.4, 0.5) is 0 Å². The number of likely N-dealkylation sites (tertiary alicyclic amines) is 1. The van der Waals surface area contributed by atoms with Crippen LogP contribution in [0.2, 0.25) is 10.0 Å². The number of aliphatic carboxylic acids is 1. The maximum atomic E-state index is 13.2. The van der Waals surface area contributed by atoms with Crippen LogP contribution in [0.5, 0.6) is 0 Å². The Bertz CT molecular complexity index is 867. The second-order valence-corrected chi connectivity index (χ2v) is 10.8. The lowest BCUT2D eigenvalue weighted by Gasteiger charge is -2.66. The Balaban J connectivity index is 1.53. The lowest BCUT2D eigenvalue weighted by molar-refractivity contribution is -0.202. The van der Waals surface area contributed by atoms with Crippen LogP contribution in [-0.2, 0) is 9.59 Å². The molecule has 3 unspecified atom stereocenters. The predicted molar refractivity (Wildman–Crippen MR) is 107 cm³/mol. The highest BCUT2D eigenvalue weighted by Crippen LogP contribution is 2.64. The largest absolute Gasteiger partial charge is 0.481 e. The van der Waals surface area contributed by atoms with Gasteiger partial charge in [0.1, 0.15) is 0 Å². The maximum Gasteiger partial charge on any atom is 0.309 e. The van der Waals surface area contributed by atoms with E-state index in [2.05, 4.69) is 0 Å². The van der Waals surface area contributed by atoms with Crippen LogP contribution >= 0.6 is 23.2 Å². The number of benzene rings is 1. The van der Waals surface area contributed by atoms with Crippen LogP contribution in [0.25, 0.3) is 0 Å². The Labute approximate surface area is 175 Å². The number of hydrogen-bond acceptors (Lipinski definition) is 2. The minimum atomic E-state index is -0.643. The second-order valence-electron chi connectivity index (χ2n) is 10.0. The van der Waals surface area contributed by atoms with E-state index in [0.29, 0.717) is 28.8 Å². The molecule has 1 aliphatic heterocycles. The third-order valence-corrected chi connectivity index (χ3v) is 8.86. The third kappa shape index (κ3) is 2.31. The summed E-state index contributed by atoms with van der Waals surface area (Å²) in [5.74, 6) is 0.526. The van der Waals surface area contributed by atoms with E-state index < -0.39 is 16.8 Å². The van der Waals surface area contributed by atoms with Crippen LogP contribution in [0.1, 0.15) is 57.6 Å². The average Bonchev–Trinajstić information content (AvgIpc) is 2.62. The highest BCUT2D eigenvalue weighted by Gasteiger charge is 2.65. The lowest BCUT2D eigenvalue weighted by Crippen LogP contribution is -2.70. The van der Waals surface area contributed by atoms with Gasteiger partial charge in [-0.15, -0.1) is 0 Å². The van der Waals surface area contributed by atoms with Gasteiger partial charge in [-0.2, -0.15) is 0 Å². The molecule has 4 bridgehead atoms. The predicted octanol–water partition coefficient (Wildman–Crippen LogP) is 5.18. The smallest absolute Gasteiger partial charge is 0.309 e. The van der Waals surface area contributed by atoms with Crippen molar-refractivity contribution in [3.05, 3.63) is 33.8 Å². The molecule has 6 rings (SSSR count). The summed E-state index contributed by atoms with van der Waals surface area (Å²) in [6.07, 6.45) is 4.28. The first-order valence-corrected chi connectivity index (χ1v) is 10.9. The third-order valence-electron chi connectivity index (χ3n) is 8.02. The Morgan fingerprint density at radius 3 is 2.39 bits per heavy atom. The van der Waals surface area contributed by atoms with Gasteiger partial charge in [-0.05, 0) is 75.3 Å². The van der Waals surface area contributed by atoms with Crippen LogP contribution in [0, 0.1) is 28.6 Å². The number of rotatable bonds is 3. The van der Waals surface area contributed by atoms with E-state index in [4.69, 9.17) is 23.2 Å². The molecule has 4 aliphatic carbocycles. The SMILES string of the molecule is CC1(C)C(=O)N([C@H]2C3CC4CC2C[C@](C(=O)O)(C4)C3)C1c1cccc(Cl)c1Cl. The van der Waals surface area contributed by atoms with E-state index in [1.165, 1.54) is 0 Å². The molecule has 1 aromatic rings. The molecule has 1 aromatic carbocycles. The number of carboxylic acids is 1. The lowest BCUT2D eigenvalue weighted by atomic mass is 9.47. The van der Waals surface area contributed by atoms with Crippen molar-refractivity contribution in [1.29, 1.82) is 0 Å². The minimum absolute atomic E-state index is 0.115. The number of carbonyl (C=O) groups is 2. The molecule has 1 N–H and O–H groups in total. The number of halogens is 2. The summed E-state index contributed by atoms with van der Waals surface area (Å²) in [5.41, 5.74) is -0.201. The van der Waals surface area contributed by atoms with Crippen molar-refractivity contribution >= 4 is 35.1 Å². The van der Waals surface area contributed by atoms with E-state index >= 15 is 0 Å². The van der Waals surface area contributed by atoms with Crippen LogP contribution in [-0.4, -0.2) is 27.9 Å². The summed E-state index contributed by atoms with van der Waals surface area (Å²) in [4.78, 5) is 27.3. The Kier molecular flexibility index (Phi) is 3.94. The van der Waals surface area contributed by atoms with Crippen molar-refractivity contribution in [2.45, 2.75) is 58.0 Å². The van der Waals surface area contributed by atoms with E-state index in [9.17, 15) is 14.7 Å². The van der Waals surface area contributed by atoms with Gasteiger partial charge in [-0.1, -0.05) is 35.3 Å². The van der Waals surface area contributed by atoms with Crippen molar-refractivity contribution in [2.24, 2.45) is 28.6 Å². The first kappa shape index (κ1) is 18.7. The first-order valence-electron chi connectivity index (χ1n) is 10.2. The molecule has 150 valence electrons. The van der Waals surface area contributed by atoms with Crippen LogP contribution < -0.4 is 0 Å². The fourth-order valence-corrected chi connectivity index (χ4v) is 7.55. The standard InChI is InChI=1S/C22H25Cl2NO3/c1-21(2)18(14-4-3-5-15(23)16(14)24)25(19(21)26)17-12-6-11-7-13(17)10-22(8-11,9-12)20(27)28/h3-5,11-13,17-18H,6-10H2,1-2H3,(H,27,28)/t11?,12?,13?,17-,18?,22-. The van der Waals surface area contributed by atoms with E-state index in [0.717, 1.165) is 24.8 Å². The number of carbonyl (C=O) groups excluding carboxylic acids is 1. The molecule has 0 spiro atoms. The number of carboxylic acid groups (broad SMARTS) is 1. The highest BCUT2D eigenvalue weighted by molar-refractivity contribution is 6.42. The topological polar surface area (TPSA) is 57.6 Å². The number of hydrogen-bond donors (Lipinski definition) is 1. The van der Waals surface area contributed by atoms with Crippen molar-refractivity contribution in [2.75, 3.05) is 0 Å². The highest BCUT2D eigenvalue weighted by atomic mass is 35.5. The Morgan fingerprint density at radius 2 is 1.79 bits per heavy atom. The zero-order valence-electron chi connectivity index (χ0n) is 16.1. The van der Waals surface area contributed by atoms with Gasteiger partial charge in [-0.3, -0.25) is 9.59 Å². The van der Waals surface area contributed by atoms with Crippen molar-refractivity contribution in [1.82, 2.24) is 4.90 Å². The van der Waals surface area contributed by atoms with Gasteiger partial charge < -0.3 is 10.0 Å². The molecular weight excluding hydrogens is 397 g/mol. The van der Waals surface area contributed by atoms with Gasteiger partial charge in [0.25, 0.3) is 0 Å². The molecule has 5 fully saturated rings. The Morgan fingerprint density at radius 1 is 1.14 bits per heavy atom. The number of β-lactam (4-membered cyclic amide) rings is 1. The average molecular weight is 422 g/mol. The molecule has 3 atom stereocenters. The summed E-state index contributed by atoms with van der Waals surface area (Å²) in [6.45, 7) is 3.95. The van der Waals surface area contributed by atoms with Gasteiger partial charge in [0.05, 0.1) is 26.9 Å². The van der Waals surface area contributed by atoms with E-state index in [1.807, 2.05) is 30.9 Å². The molecule has 0 radical (unpaired) electrons. The van der Waals surface area contributed by atoms with Crippen LogP contribution in [0.15, 0.2) is 18.2 Å². The molecule has 1 saturated heterocycles. The van der Waals surface area contributed by atoms with Crippen LogP contribution in [0.3, 0.4) is 0 Å². The molecule has 4 nitrogen and oxygen atoms in total. The summed E-state index contributed by atoms with van der Waals surface area (Å²) >= 11 is 12.8. The zero-order chi connectivity index (χ0) is 20.0. The molecule has 28 heavy (non-hydrogen) atoms. The molecule has 6 heteroatoms. The molecule has 0 aromatic heterocycles. The van der Waals surface area contributed by atoms with Gasteiger partial charge in [-0.25, -0.2) is 0 Å². The fraction of sp³-hybridized carbons (Fsp3) is 0.636. The van der Waals surface area contributed by atoms with E-state index in [1.54, 1.807) is 6.07 Å². The molecule has 5 aliphatic rings. The monoisotopic (exact) mass is 421 g/mol. The van der Waals surface area contributed by atoms with Crippen molar-refractivity contribution < 1.29 is 14.7 Å². The maximum absolute atomic E-state index is 13.2. The summed E-state index contributed by atoms with van der Waals surface area (Å²) in [6, 6.07) is 5.62. The fourth-order valence-electron chi connectivity index (χ4n) is 7.14. The second kappa shape index (κ2) is 5.89. The van der Waals surface area contributed by atoms with E-state index in [-0.39, 0.29) is 29.8 Å². The molecule has 1 heterocycles. The normalized spacial score (nSPS) is 40.5.